The van der Waals surface area contributed by atoms with Gasteiger partial charge in [0, 0.05) is 71.3 Å². The number of aliphatic hydroxyl groups excluding tert-OH is 1. The molecule has 1 unspecified atom stereocenters. The number of aromatic nitrogens is 3. The number of halogens is 1. The van der Waals surface area contributed by atoms with Gasteiger partial charge in [-0.25, -0.2) is 14.4 Å². The first-order valence-corrected chi connectivity index (χ1v) is 14.9. The van der Waals surface area contributed by atoms with Crippen LogP contribution in [0.1, 0.15) is 45.6 Å². The van der Waals surface area contributed by atoms with E-state index in [1.54, 1.807) is 17.2 Å². The van der Waals surface area contributed by atoms with E-state index in [-0.39, 0.29) is 6.54 Å². The zero-order chi connectivity index (χ0) is 27.0. The Balaban J connectivity index is 1.38. The van der Waals surface area contributed by atoms with Crippen molar-refractivity contribution < 1.29 is 13.7 Å². The number of nitrogens with one attached hydrogen (secondary N) is 1. The average Bonchev–Trinajstić information content (AvgIpc) is 2.86. The molecule has 38 heavy (non-hydrogen) atoms. The first-order valence-electron chi connectivity index (χ1n) is 13.4. The summed E-state index contributed by atoms with van der Waals surface area (Å²) in [7, 11) is -0.736. The first kappa shape index (κ1) is 26.7. The molecule has 8 nitrogen and oxygen atoms in total. The topological polar surface area (TPSA) is 94.5 Å². The summed E-state index contributed by atoms with van der Waals surface area (Å²) >= 11 is 0. The van der Waals surface area contributed by atoms with Crippen molar-refractivity contribution >= 4 is 44.8 Å². The molecule has 1 aromatic carbocycles. The second-order valence-electron chi connectivity index (χ2n) is 11.0. The van der Waals surface area contributed by atoms with E-state index >= 15 is 0 Å². The van der Waals surface area contributed by atoms with Gasteiger partial charge in [-0.05, 0) is 48.4 Å². The third-order valence-corrected chi connectivity index (χ3v) is 9.11. The van der Waals surface area contributed by atoms with Crippen molar-refractivity contribution in [2.75, 3.05) is 52.8 Å². The maximum absolute atomic E-state index is 14.7. The highest BCUT2D eigenvalue weighted by Gasteiger charge is 2.39. The quantitative estimate of drug-likeness (QED) is 0.434. The Hall–Kier alpha value is -2.85. The molecule has 4 heterocycles. The minimum atomic E-state index is -1.71. The van der Waals surface area contributed by atoms with Crippen LogP contribution in [0.4, 0.5) is 27.7 Å². The molecule has 204 valence electrons. The zero-order valence-electron chi connectivity index (χ0n) is 22.5. The van der Waals surface area contributed by atoms with Crippen molar-refractivity contribution in [2.24, 2.45) is 5.92 Å². The number of anilines is 4. The van der Waals surface area contributed by atoms with Crippen LogP contribution in [0.15, 0.2) is 36.7 Å². The van der Waals surface area contributed by atoms with Gasteiger partial charge in [0.25, 0.3) is 0 Å². The third kappa shape index (κ3) is 5.47. The van der Waals surface area contributed by atoms with Crippen LogP contribution in [-0.2, 0) is 10.8 Å². The van der Waals surface area contributed by atoms with Crippen LogP contribution in [0.3, 0.4) is 0 Å². The molecule has 0 bridgehead atoms. The number of fused-ring (bicyclic) bond motifs is 1. The van der Waals surface area contributed by atoms with Crippen LogP contribution >= 0.6 is 0 Å². The summed E-state index contributed by atoms with van der Waals surface area (Å²) in [5.41, 5.74) is 0.697. The van der Waals surface area contributed by atoms with Gasteiger partial charge in [0.15, 0.2) is 5.67 Å². The minimum absolute atomic E-state index is 0.0398. The number of pyridine rings is 1. The van der Waals surface area contributed by atoms with Crippen LogP contribution in [0, 0.1) is 5.92 Å². The number of benzene rings is 1. The molecule has 2 aromatic heterocycles. The molecule has 3 atom stereocenters. The highest BCUT2D eigenvalue weighted by atomic mass is 32.2. The molecular weight excluding hydrogens is 503 g/mol. The standard InChI is InChI=1S/C28H37FN6O2S/c1-5-38(37)16-19-14-35(15-19)23-7-6-20(18(2)3)21-12-26(31-13-22(21)23)32-25-8-10-30-27(33-25)34-11-9-24(36)28(4,29)17-34/h6-8,10,12-13,18-19,24,36H,5,9,11,14-17H2,1-4H3,(H,30,31,32,33)/t24-,28+,38?/m1/s1. The van der Waals surface area contributed by atoms with Gasteiger partial charge in [-0.15, -0.1) is 0 Å². The Bertz CT molecular complexity index is 1330. The lowest BCUT2D eigenvalue weighted by Crippen LogP contribution is -2.52. The molecule has 0 amide bonds. The molecule has 2 fully saturated rings. The predicted molar refractivity (Wildman–Crippen MR) is 153 cm³/mol. The lowest BCUT2D eigenvalue weighted by atomic mass is 9.93. The van der Waals surface area contributed by atoms with E-state index in [4.69, 9.17) is 4.98 Å². The summed E-state index contributed by atoms with van der Waals surface area (Å²) in [6.07, 6.45) is 2.91. The van der Waals surface area contributed by atoms with Crippen molar-refractivity contribution in [2.45, 2.75) is 51.8 Å². The summed E-state index contributed by atoms with van der Waals surface area (Å²) in [4.78, 5) is 17.8. The van der Waals surface area contributed by atoms with Crippen molar-refractivity contribution in [3.8, 4) is 0 Å². The van der Waals surface area contributed by atoms with Gasteiger partial charge in [0.05, 0.1) is 12.6 Å². The Morgan fingerprint density at radius 1 is 1.18 bits per heavy atom. The molecule has 3 aromatic rings. The zero-order valence-corrected chi connectivity index (χ0v) is 23.3. The Labute approximate surface area is 226 Å². The van der Waals surface area contributed by atoms with Crippen LogP contribution in [0.5, 0.6) is 0 Å². The highest BCUT2D eigenvalue weighted by molar-refractivity contribution is 7.84. The highest BCUT2D eigenvalue weighted by Crippen LogP contribution is 2.37. The average molecular weight is 541 g/mol. The van der Waals surface area contributed by atoms with E-state index in [1.807, 2.05) is 13.1 Å². The summed E-state index contributed by atoms with van der Waals surface area (Å²) in [6.45, 7) is 10.1. The summed E-state index contributed by atoms with van der Waals surface area (Å²) < 4.78 is 26.7. The monoisotopic (exact) mass is 540 g/mol. The number of nitrogens with zero attached hydrogens (tertiary/aromatic N) is 5. The number of piperidine rings is 1. The summed E-state index contributed by atoms with van der Waals surface area (Å²) in [6, 6.07) is 8.22. The van der Waals surface area contributed by atoms with Crippen LogP contribution < -0.4 is 15.1 Å². The molecule has 5 rings (SSSR count). The lowest BCUT2D eigenvalue weighted by molar-refractivity contribution is -0.00860. The largest absolute Gasteiger partial charge is 0.390 e. The fourth-order valence-corrected chi connectivity index (χ4v) is 6.33. The van der Waals surface area contributed by atoms with Crippen molar-refractivity contribution in [1.82, 2.24) is 15.0 Å². The van der Waals surface area contributed by atoms with Crippen molar-refractivity contribution in [1.29, 1.82) is 0 Å². The number of hydrogen-bond acceptors (Lipinski definition) is 8. The Morgan fingerprint density at radius 2 is 1.97 bits per heavy atom. The van der Waals surface area contributed by atoms with Crippen molar-refractivity contribution in [3.63, 3.8) is 0 Å². The second kappa shape index (κ2) is 10.7. The molecule has 0 spiro atoms. The second-order valence-corrected chi connectivity index (χ2v) is 12.8. The maximum atomic E-state index is 14.7. The minimum Gasteiger partial charge on any atom is -0.390 e. The van der Waals surface area contributed by atoms with Gasteiger partial charge in [0.1, 0.15) is 11.6 Å². The fourth-order valence-electron chi connectivity index (χ4n) is 5.36. The van der Waals surface area contributed by atoms with Gasteiger partial charge in [-0.2, -0.15) is 4.98 Å². The van der Waals surface area contributed by atoms with Crippen molar-refractivity contribution in [3.05, 3.63) is 42.2 Å². The van der Waals surface area contributed by atoms with E-state index in [0.717, 1.165) is 35.3 Å². The van der Waals surface area contributed by atoms with Crippen LogP contribution in [0.25, 0.3) is 10.8 Å². The number of hydrogen-bond donors (Lipinski definition) is 2. The third-order valence-electron chi connectivity index (χ3n) is 7.62. The van der Waals surface area contributed by atoms with Gasteiger partial charge in [-0.1, -0.05) is 26.8 Å². The van der Waals surface area contributed by atoms with E-state index in [1.165, 1.54) is 12.5 Å². The molecule has 2 aliphatic rings. The lowest BCUT2D eigenvalue weighted by Gasteiger charge is -2.41. The number of rotatable bonds is 8. The first-order chi connectivity index (χ1) is 18.1. The van der Waals surface area contributed by atoms with Gasteiger partial charge < -0.3 is 20.2 Å². The molecule has 2 N–H and O–H groups in total. The maximum Gasteiger partial charge on any atom is 0.227 e. The van der Waals surface area contributed by atoms with E-state index in [0.29, 0.717) is 48.1 Å². The molecule has 2 aliphatic heterocycles. The van der Waals surface area contributed by atoms with Gasteiger partial charge >= 0.3 is 0 Å². The van der Waals surface area contributed by atoms with Gasteiger partial charge in [0.2, 0.25) is 5.95 Å². The smallest absolute Gasteiger partial charge is 0.227 e. The van der Waals surface area contributed by atoms with Gasteiger partial charge in [-0.3, -0.25) is 4.21 Å². The molecule has 0 radical (unpaired) electrons. The normalized spacial score (nSPS) is 23.1. The number of aliphatic hydroxyl groups is 1. The molecule has 10 heteroatoms. The van der Waals surface area contributed by atoms with Crippen LogP contribution in [-0.4, -0.2) is 73.7 Å². The summed E-state index contributed by atoms with van der Waals surface area (Å²) in [5, 5.41) is 15.5. The molecule has 0 aliphatic carbocycles. The molecular formula is C28H37FN6O2S. The predicted octanol–water partition coefficient (Wildman–Crippen LogP) is 4.40. The van der Waals surface area contributed by atoms with E-state index < -0.39 is 22.6 Å². The Morgan fingerprint density at radius 3 is 2.68 bits per heavy atom. The van der Waals surface area contributed by atoms with E-state index in [2.05, 4.69) is 52.2 Å². The SMILES string of the molecule is CCS(=O)CC1CN(c2ccc(C(C)C)c3cc(Nc4ccnc(N5CC[C@@H](O)[C@@](C)(F)C5)n4)ncc23)C1. The number of alkyl halides is 1. The molecule has 0 saturated carbocycles. The molecule has 2 saturated heterocycles. The summed E-state index contributed by atoms with van der Waals surface area (Å²) in [5.74, 6) is 3.96. The Kier molecular flexibility index (Phi) is 7.55. The van der Waals surface area contributed by atoms with E-state index in [9.17, 15) is 13.7 Å². The fraction of sp³-hybridized carbons (Fsp3) is 0.536. The van der Waals surface area contributed by atoms with Crippen LogP contribution in [0.2, 0.25) is 0 Å².